The summed E-state index contributed by atoms with van der Waals surface area (Å²) in [4.78, 5) is 0. The van der Waals surface area contributed by atoms with Gasteiger partial charge in [-0.1, -0.05) is 44.0 Å². The molecular weight excluding hydrogens is 292 g/mol. The number of pyridine rings is 1. The first-order chi connectivity index (χ1) is 10.3. The maximum atomic E-state index is 3.68. The summed E-state index contributed by atoms with van der Waals surface area (Å²) in [7, 11) is 2.14. The van der Waals surface area contributed by atoms with Crippen LogP contribution in [0.4, 0.5) is 5.69 Å². The van der Waals surface area contributed by atoms with E-state index in [0.717, 1.165) is 6.54 Å². The molecular formula is C19H23ClN2. The molecule has 0 saturated heterocycles. The zero-order valence-corrected chi connectivity index (χ0v) is 14.0. The molecule has 1 heterocycles. The standard InChI is InChI=1S/C19H22N2.ClH/c1-3-4-9-14-20-19-15-10-5-7-12-17(15)21(2)18-13-8-6-11-16(18)19;/h5-8,10-13H,3-4,9,14H2,1-2H3;1H. The molecule has 116 valence electrons. The van der Waals surface area contributed by atoms with E-state index in [4.69, 9.17) is 0 Å². The van der Waals surface area contributed by atoms with Gasteiger partial charge in [-0.25, -0.2) is 0 Å². The molecule has 0 atom stereocenters. The predicted octanol–water partition coefficient (Wildman–Crippen LogP) is 1.42. The first kappa shape index (κ1) is 16.6. The van der Waals surface area contributed by atoms with E-state index >= 15 is 0 Å². The Bertz CT molecular complexity index is 711. The van der Waals surface area contributed by atoms with Crippen LogP contribution >= 0.6 is 0 Å². The average Bonchev–Trinajstić information content (AvgIpc) is 2.54. The molecule has 0 spiro atoms. The van der Waals surface area contributed by atoms with Crippen LogP contribution in [0, 0.1) is 0 Å². The molecule has 3 aromatic rings. The van der Waals surface area contributed by atoms with Crippen molar-refractivity contribution in [2.45, 2.75) is 26.2 Å². The van der Waals surface area contributed by atoms with E-state index in [1.807, 2.05) is 0 Å². The van der Waals surface area contributed by atoms with Crippen molar-refractivity contribution in [3.05, 3.63) is 48.5 Å². The fourth-order valence-corrected chi connectivity index (χ4v) is 3.01. The molecule has 2 aromatic carbocycles. The lowest BCUT2D eigenvalue weighted by molar-refractivity contribution is -0.617. The van der Waals surface area contributed by atoms with E-state index in [-0.39, 0.29) is 12.4 Å². The Hall–Kier alpha value is -1.80. The second-order valence-corrected chi connectivity index (χ2v) is 5.60. The van der Waals surface area contributed by atoms with Gasteiger partial charge in [-0.05, 0) is 18.6 Å². The predicted molar refractivity (Wildman–Crippen MR) is 90.6 cm³/mol. The molecule has 1 N–H and O–H groups in total. The highest BCUT2D eigenvalue weighted by Gasteiger charge is 2.16. The number of hydrogen-bond acceptors (Lipinski definition) is 1. The Balaban J connectivity index is 0.00000176. The van der Waals surface area contributed by atoms with Gasteiger partial charge in [-0.15, -0.1) is 0 Å². The summed E-state index contributed by atoms with van der Waals surface area (Å²) in [6.07, 6.45) is 3.76. The summed E-state index contributed by atoms with van der Waals surface area (Å²) in [5.74, 6) is 0. The van der Waals surface area contributed by atoms with Gasteiger partial charge < -0.3 is 17.7 Å². The monoisotopic (exact) mass is 314 g/mol. The summed E-state index contributed by atoms with van der Waals surface area (Å²) < 4.78 is 2.28. The highest BCUT2D eigenvalue weighted by molar-refractivity contribution is 6.04. The Morgan fingerprint density at radius 3 is 1.95 bits per heavy atom. The zero-order chi connectivity index (χ0) is 14.7. The molecule has 0 saturated carbocycles. The number of benzene rings is 2. The number of fused-ring (bicyclic) bond motifs is 2. The van der Waals surface area contributed by atoms with E-state index in [0.29, 0.717) is 0 Å². The van der Waals surface area contributed by atoms with Gasteiger partial charge in [-0.2, -0.15) is 4.57 Å². The Morgan fingerprint density at radius 1 is 0.864 bits per heavy atom. The summed E-state index contributed by atoms with van der Waals surface area (Å²) >= 11 is 0. The van der Waals surface area contributed by atoms with Crippen LogP contribution < -0.4 is 22.3 Å². The second kappa shape index (κ2) is 7.46. The quantitative estimate of drug-likeness (QED) is 0.428. The lowest BCUT2D eigenvalue weighted by Crippen LogP contribution is -3.00. The summed E-state index contributed by atoms with van der Waals surface area (Å²) in [6, 6.07) is 17.3. The topological polar surface area (TPSA) is 15.9 Å². The van der Waals surface area contributed by atoms with Crippen molar-refractivity contribution < 1.29 is 17.0 Å². The lowest BCUT2D eigenvalue weighted by Gasteiger charge is -2.12. The third kappa shape index (κ3) is 3.02. The molecule has 0 aliphatic rings. The van der Waals surface area contributed by atoms with Gasteiger partial charge in [0.1, 0.15) is 7.05 Å². The first-order valence-corrected chi connectivity index (χ1v) is 7.86. The first-order valence-electron chi connectivity index (χ1n) is 7.86. The molecule has 22 heavy (non-hydrogen) atoms. The van der Waals surface area contributed by atoms with Gasteiger partial charge in [0.25, 0.3) is 0 Å². The summed E-state index contributed by atoms with van der Waals surface area (Å²) in [5.41, 5.74) is 3.82. The van der Waals surface area contributed by atoms with E-state index in [1.165, 1.54) is 46.8 Å². The molecule has 0 aliphatic carbocycles. The van der Waals surface area contributed by atoms with Gasteiger partial charge in [0.15, 0.2) is 0 Å². The number of aromatic nitrogens is 1. The molecule has 1 aromatic heterocycles. The van der Waals surface area contributed by atoms with Crippen molar-refractivity contribution in [1.82, 2.24) is 0 Å². The number of para-hydroxylation sites is 2. The van der Waals surface area contributed by atoms with Crippen LogP contribution in [0.3, 0.4) is 0 Å². The number of aryl methyl sites for hydroxylation is 1. The highest BCUT2D eigenvalue weighted by atomic mass is 35.5. The number of hydrogen-bond donors (Lipinski definition) is 1. The van der Waals surface area contributed by atoms with Crippen molar-refractivity contribution in [2.75, 3.05) is 11.9 Å². The van der Waals surface area contributed by atoms with Crippen molar-refractivity contribution in [1.29, 1.82) is 0 Å². The lowest BCUT2D eigenvalue weighted by atomic mass is 10.1. The number of anilines is 1. The third-order valence-corrected chi connectivity index (χ3v) is 4.15. The number of halogens is 1. The summed E-state index contributed by atoms with van der Waals surface area (Å²) in [5, 5.41) is 6.28. The molecule has 2 nitrogen and oxygen atoms in total. The van der Waals surface area contributed by atoms with Crippen LogP contribution in [0.2, 0.25) is 0 Å². The van der Waals surface area contributed by atoms with Crippen molar-refractivity contribution in [3.63, 3.8) is 0 Å². The van der Waals surface area contributed by atoms with Gasteiger partial charge in [-0.3, -0.25) is 0 Å². The van der Waals surface area contributed by atoms with Gasteiger partial charge in [0.05, 0.1) is 16.5 Å². The van der Waals surface area contributed by atoms with Gasteiger partial charge in [0, 0.05) is 18.7 Å². The number of unbranched alkanes of at least 4 members (excludes halogenated alkanes) is 2. The third-order valence-electron chi connectivity index (χ3n) is 4.15. The second-order valence-electron chi connectivity index (χ2n) is 5.60. The van der Waals surface area contributed by atoms with E-state index in [2.05, 4.69) is 72.4 Å². The Morgan fingerprint density at radius 2 is 1.41 bits per heavy atom. The minimum atomic E-state index is 0. The fourth-order valence-electron chi connectivity index (χ4n) is 3.01. The van der Waals surface area contributed by atoms with Crippen LogP contribution in [0.15, 0.2) is 48.5 Å². The van der Waals surface area contributed by atoms with Gasteiger partial charge >= 0.3 is 0 Å². The minimum Gasteiger partial charge on any atom is -1.00 e. The molecule has 3 rings (SSSR count). The fraction of sp³-hybridized carbons (Fsp3) is 0.316. The van der Waals surface area contributed by atoms with Gasteiger partial charge in [0.2, 0.25) is 11.0 Å². The maximum absolute atomic E-state index is 3.68. The molecule has 0 bridgehead atoms. The molecule has 0 radical (unpaired) electrons. The van der Waals surface area contributed by atoms with Crippen LogP contribution in [0.25, 0.3) is 21.8 Å². The van der Waals surface area contributed by atoms with Crippen LogP contribution in [-0.4, -0.2) is 6.54 Å². The van der Waals surface area contributed by atoms with E-state index in [1.54, 1.807) is 0 Å². The molecule has 3 heteroatoms. The Kier molecular flexibility index (Phi) is 5.62. The maximum Gasteiger partial charge on any atom is 0.214 e. The van der Waals surface area contributed by atoms with Crippen LogP contribution in [-0.2, 0) is 7.05 Å². The average molecular weight is 315 g/mol. The smallest absolute Gasteiger partial charge is 0.214 e. The number of nitrogens with zero attached hydrogens (tertiary/aromatic N) is 1. The number of rotatable bonds is 5. The summed E-state index contributed by atoms with van der Waals surface area (Å²) in [6.45, 7) is 3.28. The van der Waals surface area contributed by atoms with Crippen molar-refractivity contribution in [3.8, 4) is 0 Å². The van der Waals surface area contributed by atoms with E-state index in [9.17, 15) is 0 Å². The SMILES string of the molecule is CCCCCNc1c2ccccc2[n+](C)c2ccccc12.[Cl-]. The molecule has 0 fully saturated rings. The van der Waals surface area contributed by atoms with E-state index < -0.39 is 0 Å². The highest BCUT2D eigenvalue weighted by Crippen LogP contribution is 2.29. The van der Waals surface area contributed by atoms with Crippen LogP contribution in [0.5, 0.6) is 0 Å². The molecule has 0 aliphatic heterocycles. The molecule has 0 unspecified atom stereocenters. The molecule has 0 amide bonds. The largest absolute Gasteiger partial charge is 1.00 e. The van der Waals surface area contributed by atoms with Crippen LogP contribution in [0.1, 0.15) is 26.2 Å². The van der Waals surface area contributed by atoms with Crippen molar-refractivity contribution >= 4 is 27.5 Å². The number of nitrogens with one attached hydrogen (secondary N) is 1. The minimum absolute atomic E-state index is 0. The van der Waals surface area contributed by atoms with Crippen molar-refractivity contribution in [2.24, 2.45) is 7.05 Å². The normalized spacial score (nSPS) is 10.6. The zero-order valence-electron chi connectivity index (χ0n) is 13.3. The Labute approximate surface area is 138 Å².